The van der Waals surface area contributed by atoms with E-state index in [0.29, 0.717) is 22.8 Å². The van der Waals surface area contributed by atoms with Crippen LogP contribution in [-0.4, -0.2) is 20.2 Å². The van der Waals surface area contributed by atoms with E-state index in [2.05, 4.69) is 46.1 Å². The van der Waals surface area contributed by atoms with Crippen LogP contribution in [0.3, 0.4) is 0 Å². The lowest BCUT2D eigenvalue weighted by molar-refractivity contribution is 0.459. The van der Waals surface area contributed by atoms with Gasteiger partial charge in [-0.25, -0.2) is 0 Å². The van der Waals surface area contributed by atoms with Gasteiger partial charge in [0.15, 0.2) is 5.65 Å². The third-order valence-corrected chi connectivity index (χ3v) is 3.41. The molecule has 0 fully saturated rings. The normalized spacial score (nSPS) is 11.3. The highest BCUT2D eigenvalue weighted by atomic mass is 35.5. The average Bonchev–Trinajstić information content (AvgIpc) is 2.86. The first-order valence-electron chi connectivity index (χ1n) is 6.69. The number of ether oxygens (including phenoxy) is 1. The van der Waals surface area contributed by atoms with Gasteiger partial charge in [0.1, 0.15) is 11.1 Å². The van der Waals surface area contributed by atoms with Crippen LogP contribution in [0.5, 0.6) is 11.6 Å². The number of nitrogens with one attached hydrogen (secondary N) is 1. The molecule has 6 heteroatoms. The number of hydrogen-bond donors (Lipinski definition) is 1. The summed E-state index contributed by atoms with van der Waals surface area (Å²) in [6.07, 6.45) is 1.63. The highest BCUT2D eigenvalue weighted by Crippen LogP contribution is 2.33. The second-order valence-corrected chi connectivity index (χ2v) is 5.57. The van der Waals surface area contributed by atoms with Gasteiger partial charge in [0.05, 0.1) is 6.20 Å². The van der Waals surface area contributed by atoms with Crippen LogP contribution in [0.15, 0.2) is 24.4 Å². The summed E-state index contributed by atoms with van der Waals surface area (Å²) in [5, 5.41) is 7.55. The van der Waals surface area contributed by atoms with Crippen molar-refractivity contribution in [3.63, 3.8) is 0 Å². The van der Waals surface area contributed by atoms with Crippen LogP contribution in [0.4, 0.5) is 0 Å². The number of benzene rings is 1. The van der Waals surface area contributed by atoms with Gasteiger partial charge >= 0.3 is 0 Å². The molecule has 0 amide bonds. The Morgan fingerprint density at radius 1 is 1.24 bits per heavy atom. The van der Waals surface area contributed by atoms with Crippen molar-refractivity contribution in [2.45, 2.75) is 26.7 Å². The SMILES string of the molecule is Cc1ccc(C(C)C)c(Oc2nc(Cl)nc3[nH]ncc23)c1. The van der Waals surface area contributed by atoms with E-state index in [-0.39, 0.29) is 5.28 Å². The Bertz CT molecular complexity index is 797. The molecule has 3 rings (SSSR count). The number of aryl methyl sites for hydroxylation is 1. The Balaban J connectivity index is 2.10. The molecule has 0 radical (unpaired) electrons. The van der Waals surface area contributed by atoms with E-state index >= 15 is 0 Å². The Labute approximate surface area is 127 Å². The Morgan fingerprint density at radius 3 is 2.81 bits per heavy atom. The molecule has 0 saturated heterocycles. The monoisotopic (exact) mass is 302 g/mol. The van der Waals surface area contributed by atoms with Crippen LogP contribution in [0.25, 0.3) is 11.0 Å². The van der Waals surface area contributed by atoms with Crippen LogP contribution in [-0.2, 0) is 0 Å². The van der Waals surface area contributed by atoms with Gasteiger partial charge in [0.2, 0.25) is 11.2 Å². The van der Waals surface area contributed by atoms with Crippen LogP contribution >= 0.6 is 11.6 Å². The van der Waals surface area contributed by atoms with Gasteiger partial charge in [-0.1, -0.05) is 26.0 Å². The fourth-order valence-corrected chi connectivity index (χ4v) is 2.33. The molecule has 0 saturated carbocycles. The average molecular weight is 303 g/mol. The Morgan fingerprint density at radius 2 is 2.05 bits per heavy atom. The first kappa shape index (κ1) is 13.8. The van der Waals surface area contributed by atoms with E-state index in [9.17, 15) is 0 Å². The molecule has 1 aromatic carbocycles. The van der Waals surface area contributed by atoms with E-state index in [0.717, 1.165) is 16.9 Å². The van der Waals surface area contributed by atoms with Crippen molar-refractivity contribution in [1.82, 2.24) is 20.2 Å². The number of fused-ring (bicyclic) bond motifs is 1. The third kappa shape index (κ3) is 2.69. The molecule has 2 heterocycles. The van der Waals surface area contributed by atoms with E-state index in [4.69, 9.17) is 16.3 Å². The van der Waals surface area contributed by atoms with Gasteiger partial charge in [-0.15, -0.1) is 0 Å². The molecule has 2 aromatic heterocycles. The van der Waals surface area contributed by atoms with E-state index in [1.807, 2.05) is 13.0 Å². The fraction of sp³-hybridized carbons (Fsp3) is 0.267. The molecule has 0 bridgehead atoms. The lowest BCUT2D eigenvalue weighted by Gasteiger charge is -2.14. The number of H-pyrrole nitrogens is 1. The smallest absolute Gasteiger partial charge is 0.234 e. The minimum Gasteiger partial charge on any atom is -0.438 e. The molecule has 0 unspecified atom stereocenters. The maximum Gasteiger partial charge on any atom is 0.234 e. The van der Waals surface area contributed by atoms with Crippen molar-refractivity contribution in [2.24, 2.45) is 0 Å². The van der Waals surface area contributed by atoms with Crippen molar-refractivity contribution >= 4 is 22.6 Å². The summed E-state index contributed by atoms with van der Waals surface area (Å²) in [5.41, 5.74) is 2.80. The number of nitrogens with zero attached hydrogens (tertiary/aromatic N) is 3. The van der Waals surface area contributed by atoms with Gasteiger partial charge < -0.3 is 4.74 Å². The minimum absolute atomic E-state index is 0.125. The van der Waals surface area contributed by atoms with Gasteiger partial charge in [-0.3, -0.25) is 5.10 Å². The van der Waals surface area contributed by atoms with Crippen molar-refractivity contribution in [3.8, 4) is 11.6 Å². The fourth-order valence-electron chi connectivity index (χ4n) is 2.17. The molecule has 0 aliphatic carbocycles. The highest BCUT2D eigenvalue weighted by Gasteiger charge is 2.14. The summed E-state index contributed by atoms with van der Waals surface area (Å²) in [7, 11) is 0. The molecule has 1 N–H and O–H groups in total. The summed E-state index contributed by atoms with van der Waals surface area (Å²) < 4.78 is 6.01. The van der Waals surface area contributed by atoms with Gasteiger partial charge in [0.25, 0.3) is 0 Å². The summed E-state index contributed by atoms with van der Waals surface area (Å²) in [4.78, 5) is 8.24. The summed E-state index contributed by atoms with van der Waals surface area (Å²) in [6, 6.07) is 6.14. The predicted octanol–water partition coefficient (Wildman–Crippen LogP) is 4.23. The van der Waals surface area contributed by atoms with E-state index in [1.165, 1.54) is 0 Å². The molecule has 0 aliphatic rings. The molecular formula is C15H15ClN4O. The van der Waals surface area contributed by atoms with E-state index in [1.54, 1.807) is 6.20 Å². The number of hydrogen-bond acceptors (Lipinski definition) is 4. The summed E-state index contributed by atoms with van der Waals surface area (Å²) >= 11 is 5.93. The van der Waals surface area contributed by atoms with Crippen molar-refractivity contribution in [2.75, 3.05) is 0 Å². The first-order valence-corrected chi connectivity index (χ1v) is 7.07. The predicted molar refractivity (Wildman–Crippen MR) is 82.0 cm³/mol. The maximum absolute atomic E-state index is 6.01. The number of aromatic nitrogens is 4. The Hall–Kier alpha value is -2.14. The van der Waals surface area contributed by atoms with Gasteiger partial charge in [0, 0.05) is 0 Å². The van der Waals surface area contributed by atoms with Crippen LogP contribution in [0, 0.1) is 6.92 Å². The zero-order valence-electron chi connectivity index (χ0n) is 12.0. The lowest BCUT2D eigenvalue weighted by atomic mass is 10.0. The molecule has 3 aromatic rings. The molecule has 5 nitrogen and oxygen atoms in total. The second kappa shape index (κ2) is 5.33. The zero-order chi connectivity index (χ0) is 15.0. The van der Waals surface area contributed by atoms with Crippen molar-refractivity contribution < 1.29 is 4.74 Å². The largest absolute Gasteiger partial charge is 0.438 e. The topological polar surface area (TPSA) is 63.7 Å². The molecule has 21 heavy (non-hydrogen) atoms. The summed E-state index contributed by atoms with van der Waals surface area (Å²) in [5.74, 6) is 1.53. The maximum atomic E-state index is 6.01. The van der Waals surface area contributed by atoms with E-state index < -0.39 is 0 Å². The molecule has 0 aliphatic heterocycles. The lowest BCUT2D eigenvalue weighted by Crippen LogP contribution is -1.97. The minimum atomic E-state index is 0.125. The first-order chi connectivity index (χ1) is 10.0. The third-order valence-electron chi connectivity index (χ3n) is 3.25. The van der Waals surface area contributed by atoms with Gasteiger partial charge in [-0.05, 0) is 41.6 Å². The summed E-state index contributed by atoms with van der Waals surface area (Å²) in [6.45, 7) is 6.27. The molecule has 0 spiro atoms. The molecular weight excluding hydrogens is 288 g/mol. The standard InChI is InChI=1S/C15H15ClN4O/c1-8(2)10-5-4-9(3)6-12(10)21-14-11-7-17-20-13(11)18-15(16)19-14/h4-8H,1-3H3,(H,17,18,19,20). The number of aromatic amines is 1. The molecule has 108 valence electrons. The molecule has 0 atom stereocenters. The van der Waals surface area contributed by atoms with Crippen molar-refractivity contribution in [1.29, 1.82) is 0 Å². The van der Waals surface area contributed by atoms with Gasteiger partial charge in [-0.2, -0.15) is 15.1 Å². The second-order valence-electron chi connectivity index (χ2n) is 5.23. The quantitative estimate of drug-likeness (QED) is 0.735. The zero-order valence-corrected chi connectivity index (χ0v) is 12.8. The highest BCUT2D eigenvalue weighted by molar-refractivity contribution is 6.28. The van der Waals surface area contributed by atoms with Crippen LogP contribution in [0.1, 0.15) is 30.9 Å². The van der Waals surface area contributed by atoms with Crippen LogP contribution in [0.2, 0.25) is 5.28 Å². The number of rotatable bonds is 3. The van der Waals surface area contributed by atoms with Crippen molar-refractivity contribution in [3.05, 3.63) is 40.8 Å². The number of halogens is 1. The Kier molecular flexibility index (Phi) is 3.51. The van der Waals surface area contributed by atoms with Crippen LogP contribution < -0.4 is 4.74 Å².